The van der Waals surface area contributed by atoms with Gasteiger partial charge in [0, 0.05) is 12.1 Å². The second kappa shape index (κ2) is 7.16. The lowest BCUT2D eigenvalue weighted by molar-refractivity contribution is -0.130. The molecule has 0 N–H and O–H groups in total. The zero-order valence-electron chi connectivity index (χ0n) is 12.7. The molecule has 0 fully saturated rings. The van der Waals surface area contributed by atoms with Crippen LogP contribution in [0.2, 0.25) is 0 Å². The van der Waals surface area contributed by atoms with Crippen molar-refractivity contribution in [1.82, 2.24) is 5.01 Å². The smallest absolute Gasteiger partial charge is 0.259 e. The number of carbonyl (C=O) groups is 2. The molecule has 0 spiro atoms. The Kier molecular flexibility index (Phi) is 5.26. The van der Waals surface area contributed by atoms with E-state index in [4.69, 9.17) is 0 Å². The van der Waals surface area contributed by atoms with E-state index in [2.05, 4.69) is 12.0 Å². The van der Waals surface area contributed by atoms with E-state index in [-0.39, 0.29) is 11.7 Å². The first kappa shape index (κ1) is 15.4. The van der Waals surface area contributed by atoms with Crippen LogP contribution in [0.25, 0.3) is 0 Å². The van der Waals surface area contributed by atoms with Crippen molar-refractivity contribution in [2.24, 2.45) is 11.0 Å². The fourth-order valence-electron chi connectivity index (χ4n) is 2.54. The van der Waals surface area contributed by atoms with Gasteiger partial charge in [-0.25, -0.2) is 5.01 Å². The minimum Gasteiger partial charge on any atom is -0.293 e. The van der Waals surface area contributed by atoms with Crippen molar-refractivity contribution in [2.75, 3.05) is 6.54 Å². The Morgan fingerprint density at radius 2 is 1.90 bits per heavy atom. The number of benzene rings is 1. The lowest BCUT2D eigenvalue weighted by atomic mass is 9.94. The van der Waals surface area contributed by atoms with Crippen LogP contribution in [-0.4, -0.2) is 29.0 Å². The monoisotopic (exact) mass is 286 g/mol. The Morgan fingerprint density at radius 3 is 2.57 bits per heavy atom. The number of hydrazone groups is 1. The third-order valence-electron chi connectivity index (χ3n) is 3.74. The summed E-state index contributed by atoms with van der Waals surface area (Å²) in [6.07, 6.45) is 4.34. The first-order valence-electron chi connectivity index (χ1n) is 7.61. The Morgan fingerprint density at radius 1 is 1.19 bits per heavy atom. The SMILES string of the molecule is CCCCCCN1N=C(C)C(C(=O)c2ccccc2)C1=O. The summed E-state index contributed by atoms with van der Waals surface area (Å²) in [5.41, 5.74) is 1.17. The van der Waals surface area contributed by atoms with E-state index in [1.165, 1.54) is 5.01 Å². The summed E-state index contributed by atoms with van der Waals surface area (Å²) >= 11 is 0. The molecule has 0 aromatic heterocycles. The summed E-state index contributed by atoms with van der Waals surface area (Å²) in [6, 6.07) is 8.96. The maximum absolute atomic E-state index is 12.5. The predicted molar refractivity (Wildman–Crippen MR) is 83.2 cm³/mol. The Bertz CT molecular complexity index is 537. The van der Waals surface area contributed by atoms with E-state index < -0.39 is 5.92 Å². The fourth-order valence-corrected chi connectivity index (χ4v) is 2.54. The molecule has 0 bridgehead atoms. The van der Waals surface area contributed by atoms with Gasteiger partial charge in [-0.05, 0) is 13.3 Å². The summed E-state index contributed by atoms with van der Waals surface area (Å²) in [5.74, 6) is -1.07. The molecule has 0 aliphatic carbocycles. The normalized spacial score (nSPS) is 18.0. The molecule has 1 aromatic rings. The van der Waals surface area contributed by atoms with E-state index in [9.17, 15) is 9.59 Å². The number of ketones is 1. The first-order valence-corrected chi connectivity index (χ1v) is 7.61. The maximum atomic E-state index is 12.5. The van der Waals surface area contributed by atoms with E-state index in [0.29, 0.717) is 17.8 Å². The minimum atomic E-state index is -0.737. The van der Waals surface area contributed by atoms with Crippen LogP contribution in [0.15, 0.2) is 35.4 Å². The summed E-state index contributed by atoms with van der Waals surface area (Å²) in [4.78, 5) is 24.8. The van der Waals surface area contributed by atoms with Crippen LogP contribution in [0.4, 0.5) is 0 Å². The molecule has 1 heterocycles. The van der Waals surface area contributed by atoms with Gasteiger partial charge >= 0.3 is 0 Å². The fraction of sp³-hybridized carbons (Fsp3) is 0.471. The number of unbranched alkanes of at least 4 members (excludes halogenated alkanes) is 3. The second-order valence-electron chi connectivity index (χ2n) is 5.43. The molecule has 0 saturated carbocycles. The van der Waals surface area contributed by atoms with Gasteiger partial charge in [0.25, 0.3) is 5.91 Å². The molecule has 2 rings (SSSR count). The van der Waals surface area contributed by atoms with Crippen LogP contribution in [-0.2, 0) is 4.79 Å². The topological polar surface area (TPSA) is 49.7 Å². The summed E-state index contributed by atoms with van der Waals surface area (Å²) in [5, 5.41) is 5.74. The van der Waals surface area contributed by atoms with Crippen LogP contribution >= 0.6 is 0 Å². The van der Waals surface area contributed by atoms with Crippen LogP contribution < -0.4 is 0 Å². The summed E-state index contributed by atoms with van der Waals surface area (Å²) in [7, 11) is 0. The molecule has 112 valence electrons. The number of amides is 1. The standard InChI is InChI=1S/C17H22N2O2/c1-3-4-5-9-12-19-17(21)15(13(2)18-19)16(20)14-10-7-6-8-11-14/h6-8,10-11,15H,3-5,9,12H2,1-2H3. The number of carbonyl (C=O) groups excluding carboxylic acids is 2. The molecule has 1 atom stereocenters. The Balaban J connectivity index is 2.01. The van der Waals surface area contributed by atoms with Crippen molar-refractivity contribution < 1.29 is 9.59 Å². The average molecular weight is 286 g/mol. The molecule has 1 amide bonds. The van der Waals surface area contributed by atoms with Gasteiger partial charge in [0.15, 0.2) is 5.78 Å². The maximum Gasteiger partial charge on any atom is 0.259 e. The van der Waals surface area contributed by atoms with E-state index in [1.54, 1.807) is 19.1 Å². The predicted octanol–water partition coefficient (Wildman–Crippen LogP) is 3.28. The van der Waals surface area contributed by atoms with Gasteiger partial charge in [0.2, 0.25) is 0 Å². The third kappa shape index (κ3) is 3.57. The molecular weight excluding hydrogens is 264 g/mol. The molecule has 4 nitrogen and oxygen atoms in total. The first-order chi connectivity index (χ1) is 10.1. The highest BCUT2D eigenvalue weighted by Crippen LogP contribution is 2.21. The summed E-state index contributed by atoms with van der Waals surface area (Å²) in [6.45, 7) is 4.52. The van der Waals surface area contributed by atoms with Crippen LogP contribution in [0, 0.1) is 5.92 Å². The Hall–Kier alpha value is -1.97. The van der Waals surface area contributed by atoms with Gasteiger partial charge in [-0.2, -0.15) is 5.10 Å². The van der Waals surface area contributed by atoms with Crippen molar-refractivity contribution in [1.29, 1.82) is 0 Å². The lowest BCUT2D eigenvalue weighted by Crippen LogP contribution is -2.33. The highest BCUT2D eigenvalue weighted by molar-refractivity contribution is 6.26. The molecule has 0 saturated heterocycles. The van der Waals surface area contributed by atoms with E-state index >= 15 is 0 Å². The molecule has 21 heavy (non-hydrogen) atoms. The zero-order chi connectivity index (χ0) is 15.2. The van der Waals surface area contributed by atoms with Gasteiger partial charge in [0.05, 0.1) is 5.71 Å². The van der Waals surface area contributed by atoms with Crippen molar-refractivity contribution in [3.63, 3.8) is 0 Å². The molecule has 0 radical (unpaired) electrons. The molecule has 1 aliphatic heterocycles. The lowest BCUT2D eigenvalue weighted by Gasteiger charge is -2.13. The van der Waals surface area contributed by atoms with E-state index in [0.717, 1.165) is 25.7 Å². The highest BCUT2D eigenvalue weighted by atomic mass is 16.2. The van der Waals surface area contributed by atoms with Crippen LogP contribution in [0.3, 0.4) is 0 Å². The number of nitrogens with zero attached hydrogens (tertiary/aromatic N) is 2. The van der Waals surface area contributed by atoms with Crippen molar-refractivity contribution in [3.8, 4) is 0 Å². The average Bonchev–Trinajstić information content (AvgIpc) is 2.78. The van der Waals surface area contributed by atoms with Crippen molar-refractivity contribution in [2.45, 2.75) is 39.5 Å². The number of rotatable bonds is 7. The third-order valence-corrected chi connectivity index (χ3v) is 3.74. The number of Topliss-reactive ketones (excluding diaryl/α,β-unsaturated/α-hetero) is 1. The van der Waals surface area contributed by atoms with Gasteiger partial charge in [-0.15, -0.1) is 0 Å². The van der Waals surface area contributed by atoms with Crippen molar-refractivity contribution >= 4 is 17.4 Å². The zero-order valence-corrected chi connectivity index (χ0v) is 12.7. The summed E-state index contributed by atoms with van der Waals surface area (Å²) < 4.78 is 0. The minimum absolute atomic E-state index is 0.155. The number of hydrogen-bond acceptors (Lipinski definition) is 3. The quantitative estimate of drug-likeness (QED) is 0.439. The van der Waals surface area contributed by atoms with E-state index in [1.807, 2.05) is 18.2 Å². The molecule has 1 aromatic carbocycles. The van der Waals surface area contributed by atoms with Crippen LogP contribution in [0.1, 0.15) is 49.9 Å². The molecular formula is C17H22N2O2. The number of hydrogen-bond donors (Lipinski definition) is 0. The van der Waals surface area contributed by atoms with Gasteiger partial charge in [-0.3, -0.25) is 9.59 Å². The highest BCUT2D eigenvalue weighted by Gasteiger charge is 2.38. The van der Waals surface area contributed by atoms with Gasteiger partial charge in [-0.1, -0.05) is 56.5 Å². The molecule has 4 heteroatoms. The molecule has 1 aliphatic rings. The van der Waals surface area contributed by atoms with Crippen LogP contribution in [0.5, 0.6) is 0 Å². The second-order valence-corrected chi connectivity index (χ2v) is 5.43. The van der Waals surface area contributed by atoms with Gasteiger partial charge < -0.3 is 0 Å². The Labute approximate surface area is 125 Å². The molecule has 1 unspecified atom stereocenters. The largest absolute Gasteiger partial charge is 0.293 e. The van der Waals surface area contributed by atoms with Gasteiger partial charge in [0.1, 0.15) is 5.92 Å². The van der Waals surface area contributed by atoms with Crippen molar-refractivity contribution in [3.05, 3.63) is 35.9 Å².